The highest BCUT2D eigenvalue weighted by molar-refractivity contribution is 7.90. The van der Waals surface area contributed by atoms with E-state index in [4.69, 9.17) is 5.26 Å². The van der Waals surface area contributed by atoms with Crippen LogP contribution in [0, 0.1) is 31.1 Å². The molecule has 27 heavy (non-hydrogen) atoms. The predicted octanol–water partition coefficient (Wildman–Crippen LogP) is 0.440. The summed E-state index contributed by atoms with van der Waals surface area (Å²) in [5, 5.41) is 7.90. The lowest BCUT2D eigenvalue weighted by molar-refractivity contribution is -0.144. The zero-order valence-corrected chi connectivity index (χ0v) is 16.7. The zero-order valence-electron chi connectivity index (χ0n) is 15.9. The number of nitrogens with zero attached hydrogens (tertiary/aromatic N) is 1. The van der Waals surface area contributed by atoms with Gasteiger partial charge in [-0.05, 0) is 38.3 Å². The Labute approximate surface area is 157 Å². The molecule has 148 valence electrons. The van der Waals surface area contributed by atoms with Crippen molar-refractivity contribution >= 4 is 21.9 Å². The highest BCUT2D eigenvalue weighted by Gasteiger charge is 2.33. The molecule has 0 bridgehead atoms. The smallest absolute Gasteiger partial charge is 0.309 e. The summed E-state index contributed by atoms with van der Waals surface area (Å²) in [4.78, 5) is 37.9. The van der Waals surface area contributed by atoms with Crippen LogP contribution in [0.15, 0.2) is 4.79 Å². The third-order valence-corrected chi connectivity index (χ3v) is 6.44. The van der Waals surface area contributed by atoms with Crippen LogP contribution in [-0.2, 0) is 30.8 Å². The maximum Gasteiger partial charge on any atom is 0.309 e. The van der Waals surface area contributed by atoms with Gasteiger partial charge >= 0.3 is 5.97 Å². The minimum Gasteiger partial charge on any atom is -0.469 e. The Morgan fingerprint density at radius 3 is 2.41 bits per heavy atom. The summed E-state index contributed by atoms with van der Waals surface area (Å²) in [6, 6.07) is 1.82. The molecule has 0 aliphatic rings. The Balaban J connectivity index is 2.89. The first-order valence-corrected chi connectivity index (χ1v) is 9.75. The fourth-order valence-electron chi connectivity index (χ4n) is 2.61. The van der Waals surface area contributed by atoms with E-state index in [2.05, 4.69) is 9.72 Å². The molecule has 2 N–H and O–H groups in total. The number of hydrogen-bond acceptors (Lipinski definition) is 7. The van der Waals surface area contributed by atoms with E-state index in [0.29, 0.717) is 16.8 Å². The van der Waals surface area contributed by atoms with E-state index in [9.17, 15) is 22.8 Å². The van der Waals surface area contributed by atoms with Crippen LogP contribution in [0.1, 0.15) is 42.7 Å². The number of hydrogen-bond donors (Lipinski definition) is 2. The standard InChI is InChI=1S/C17H23N3O6S/c1-9(17(23)26-5)12(4)27(24,25)20-15(21)7-6-13-10(2)14(8-18)16(22)19-11(13)3/h9,12H,6-7H2,1-5H3,(H,19,22)(H,20,21)/t9-,12-/m0/s1. The second kappa shape index (κ2) is 8.81. The van der Waals surface area contributed by atoms with E-state index in [-0.39, 0.29) is 18.4 Å². The largest absolute Gasteiger partial charge is 0.469 e. The molecule has 0 saturated heterocycles. The third-order valence-electron chi connectivity index (χ3n) is 4.54. The number of rotatable bonds is 7. The molecule has 10 heteroatoms. The van der Waals surface area contributed by atoms with Crippen molar-refractivity contribution in [3.63, 3.8) is 0 Å². The van der Waals surface area contributed by atoms with Crippen molar-refractivity contribution in [2.45, 2.75) is 45.8 Å². The van der Waals surface area contributed by atoms with Gasteiger partial charge in [-0.2, -0.15) is 5.26 Å². The summed E-state index contributed by atoms with van der Waals surface area (Å²) >= 11 is 0. The zero-order chi connectivity index (χ0) is 20.9. The molecule has 1 amide bonds. The van der Waals surface area contributed by atoms with Crippen LogP contribution in [0.3, 0.4) is 0 Å². The van der Waals surface area contributed by atoms with Crippen molar-refractivity contribution in [1.82, 2.24) is 9.71 Å². The van der Waals surface area contributed by atoms with Crippen molar-refractivity contribution < 1.29 is 22.7 Å². The molecule has 0 saturated carbocycles. The van der Waals surface area contributed by atoms with Gasteiger partial charge < -0.3 is 9.72 Å². The maximum atomic E-state index is 12.3. The van der Waals surface area contributed by atoms with Gasteiger partial charge in [0.1, 0.15) is 11.6 Å². The highest BCUT2D eigenvalue weighted by Crippen LogP contribution is 2.16. The van der Waals surface area contributed by atoms with Crippen molar-refractivity contribution in [2.24, 2.45) is 5.92 Å². The summed E-state index contributed by atoms with van der Waals surface area (Å²) in [7, 11) is -2.91. The van der Waals surface area contributed by atoms with E-state index >= 15 is 0 Å². The van der Waals surface area contributed by atoms with Crippen LogP contribution in [0.5, 0.6) is 0 Å². The Kier molecular flexibility index (Phi) is 7.30. The number of carbonyl (C=O) groups is 2. The van der Waals surface area contributed by atoms with E-state index in [1.165, 1.54) is 13.8 Å². The van der Waals surface area contributed by atoms with Gasteiger partial charge in [0, 0.05) is 12.1 Å². The average molecular weight is 397 g/mol. The second-order valence-corrected chi connectivity index (χ2v) is 8.29. The number of nitrogens with one attached hydrogen (secondary N) is 2. The number of pyridine rings is 1. The number of aromatic amines is 1. The Morgan fingerprint density at radius 2 is 1.89 bits per heavy atom. The van der Waals surface area contributed by atoms with Gasteiger partial charge in [-0.25, -0.2) is 8.42 Å². The number of sulfonamides is 1. The molecule has 2 atom stereocenters. The number of H-pyrrole nitrogens is 1. The first kappa shape index (κ1) is 22.4. The van der Waals surface area contributed by atoms with Gasteiger partial charge in [0.15, 0.2) is 0 Å². The molecule has 1 aromatic heterocycles. The van der Waals surface area contributed by atoms with Crippen LogP contribution in [-0.4, -0.2) is 37.6 Å². The van der Waals surface area contributed by atoms with Crippen LogP contribution in [0.2, 0.25) is 0 Å². The van der Waals surface area contributed by atoms with E-state index in [1.54, 1.807) is 13.8 Å². The summed E-state index contributed by atoms with van der Waals surface area (Å²) in [5.41, 5.74) is 1.04. The summed E-state index contributed by atoms with van der Waals surface area (Å²) in [6.45, 7) is 5.95. The lowest BCUT2D eigenvalue weighted by Gasteiger charge is -2.18. The summed E-state index contributed by atoms with van der Waals surface area (Å²) in [6.07, 6.45) is -0.0252. The number of esters is 1. The quantitative estimate of drug-likeness (QED) is 0.635. The molecule has 0 aromatic carbocycles. The lowest BCUT2D eigenvalue weighted by atomic mass is 9.99. The summed E-state index contributed by atoms with van der Waals surface area (Å²) < 4.78 is 31.0. The van der Waals surface area contributed by atoms with Gasteiger partial charge in [0.05, 0.1) is 18.3 Å². The molecular formula is C17H23N3O6S. The Morgan fingerprint density at radius 1 is 1.30 bits per heavy atom. The number of aromatic nitrogens is 1. The Hall–Kier alpha value is -2.67. The molecule has 1 heterocycles. The maximum absolute atomic E-state index is 12.3. The van der Waals surface area contributed by atoms with Gasteiger partial charge in [0.25, 0.3) is 5.56 Å². The summed E-state index contributed by atoms with van der Waals surface area (Å²) in [5.74, 6) is -2.38. The normalized spacial score (nSPS) is 13.3. The molecule has 0 aliphatic heterocycles. The van der Waals surface area contributed by atoms with Gasteiger partial charge in [-0.3, -0.25) is 19.1 Å². The number of carbonyl (C=O) groups excluding carboxylic acids is 2. The minimum atomic E-state index is -4.07. The molecule has 0 fully saturated rings. The van der Waals surface area contributed by atoms with Crippen molar-refractivity contribution in [2.75, 3.05) is 7.11 Å². The minimum absolute atomic E-state index is 0.0378. The van der Waals surface area contributed by atoms with Crippen LogP contribution < -0.4 is 10.3 Å². The SMILES string of the molecule is COC(=O)[C@@H](C)[C@H](C)S(=O)(=O)NC(=O)CCc1c(C)[nH]c(=O)c(C#N)c1C. The first-order valence-electron chi connectivity index (χ1n) is 8.21. The van der Waals surface area contributed by atoms with Crippen LogP contribution >= 0.6 is 0 Å². The monoisotopic (exact) mass is 397 g/mol. The lowest BCUT2D eigenvalue weighted by Crippen LogP contribution is -2.42. The van der Waals surface area contributed by atoms with E-state index < -0.39 is 38.6 Å². The molecule has 0 unspecified atom stereocenters. The van der Waals surface area contributed by atoms with E-state index in [0.717, 1.165) is 7.11 Å². The van der Waals surface area contributed by atoms with Crippen molar-refractivity contribution in [1.29, 1.82) is 5.26 Å². The highest BCUT2D eigenvalue weighted by atomic mass is 32.2. The number of ether oxygens (including phenoxy) is 1. The van der Waals surface area contributed by atoms with Gasteiger partial charge in [-0.15, -0.1) is 0 Å². The average Bonchev–Trinajstić information content (AvgIpc) is 2.59. The fourth-order valence-corrected chi connectivity index (χ4v) is 3.86. The second-order valence-electron chi connectivity index (χ2n) is 6.26. The van der Waals surface area contributed by atoms with Crippen LogP contribution in [0.25, 0.3) is 0 Å². The van der Waals surface area contributed by atoms with E-state index in [1.807, 2.05) is 10.8 Å². The number of amides is 1. The fraction of sp³-hybridized carbons (Fsp3) is 0.529. The number of nitriles is 1. The number of aryl methyl sites for hydroxylation is 1. The predicted molar refractivity (Wildman–Crippen MR) is 97.3 cm³/mol. The molecule has 1 rings (SSSR count). The van der Waals surface area contributed by atoms with Crippen LogP contribution in [0.4, 0.5) is 0 Å². The molecule has 0 spiro atoms. The first-order chi connectivity index (χ1) is 12.5. The van der Waals surface area contributed by atoms with Crippen molar-refractivity contribution in [3.05, 3.63) is 32.7 Å². The van der Waals surface area contributed by atoms with Gasteiger partial charge in [-0.1, -0.05) is 6.92 Å². The molecule has 9 nitrogen and oxygen atoms in total. The third kappa shape index (κ3) is 5.17. The molecule has 0 radical (unpaired) electrons. The molecule has 1 aromatic rings. The molecular weight excluding hydrogens is 374 g/mol. The number of methoxy groups -OCH3 is 1. The van der Waals surface area contributed by atoms with Crippen molar-refractivity contribution in [3.8, 4) is 6.07 Å². The topological polar surface area (TPSA) is 146 Å². The Bertz CT molecular complexity index is 943. The molecule has 0 aliphatic carbocycles. The van der Waals surface area contributed by atoms with Gasteiger partial charge in [0.2, 0.25) is 15.9 Å².